The van der Waals surface area contributed by atoms with E-state index in [-0.39, 0.29) is 0 Å². The van der Waals surface area contributed by atoms with Gasteiger partial charge in [0.2, 0.25) is 0 Å². The van der Waals surface area contributed by atoms with E-state index >= 15 is 0 Å². The van der Waals surface area contributed by atoms with Crippen LogP contribution in [0.15, 0.2) is 30.3 Å². The Hall–Kier alpha value is -0.860. The van der Waals surface area contributed by atoms with Crippen LogP contribution >= 0.6 is 0 Å². The van der Waals surface area contributed by atoms with Crippen LogP contribution in [0.4, 0.5) is 0 Å². The minimum Gasteiger partial charge on any atom is -0.313 e. The molecule has 1 saturated carbocycles. The molecule has 20 heavy (non-hydrogen) atoms. The van der Waals surface area contributed by atoms with Gasteiger partial charge in [-0.1, -0.05) is 51.1 Å². The van der Waals surface area contributed by atoms with E-state index in [9.17, 15) is 0 Å². The third-order valence-corrected chi connectivity index (χ3v) is 4.05. The van der Waals surface area contributed by atoms with Crippen LogP contribution in [-0.4, -0.2) is 30.6 Å². The van der Waals surface area contributed by atoms with Crippen molar-refractivity contribution < 1.29 is 0 Å². The van der Waals surface area contributed by atoms with Crippen LogP contribution in [-0.2, 0) is 0 Å². The molecule has 0 bridgehead atoms. The predicted octanol–water partition coefficient (Wildman–Crippen LogP) is 3.85. The third kappa shape index (κ3) is 4.92. The van der Waals surface area contributed by atoms with Crippen LogP contribution in [0.25, 0.3) is 0 Å². The lowest BCUT2D eigenvalue weighted by Crippen LogP contribution is -2.39. The highest BCUT2D eigenvalue weighted by atomic mass is 15.2. The van der Waals surface area contributed by atoms with Gasteiger partial charge in [0.05, 0.1) is 0 Å². The maximum Gasteiger partial charge on any atom is 0.0472 e. The topological polar surface area (TPSA) is 15.3 Å². The van der Waals surface area contributed by atoms with Gasteiger partial charge in [-0.2, -0.15) is 0 Å². The Kier molecular flexibility index (Phi) is 6.06. The number of benzene rings is 1. The first-order chi connectivity index (χ1) is 9.70. The smallest absolute Gasteiger partial charge is 0.0472 e. The molecule has 0 saturated heterocycles. The fourth-order valence-corrected chi connectivity index (χ4v) is 2.77. The van der Waals surface area contributed by atoms with Crippen molar-refractivity contribution in [2.75, 3.05) is 19.6 Å². The van der Waals surface area contributed by atoms with Gasteiger partial charge in [-0.15, -0.1) is 0 Å². The van der Waals surface area contributed by atoms with Gasteiger partial charge < -0.3 is 5.32 Å². The lowest BCUT2D eigenvalue weighted by Gasteiger charge is -2.33. The van der Waals surface area contributed by atoms with Crippen molar-refractivity contribution in [2.24, 2.45) is 5.92 Å². The Balaban J connectivity index is 2.09. The average molecular weight is 274 g/mol. The van der Waals surface area contributed by atoms with Crippen molar-refractivity contribution in [3.05, 3.63) is 35.9 Å². The van der Waals surface area contributed by atoms with E-state index in [1.165, 1.54) is 37.9 Å². The van der Waals surface area contributed by atoms with Crippen molar-refractivity contribution in [1.29, 1.82) is 0 Å². The maximum atomic E-state index is 3.63. The lowest BCUT2D eigenvalue weighted by atomic mass is 10.0. The molecule has 1 N–H and O–H groups in total. The predicted molar refractivity (Wildman–Crippen MR) is 86.9 cm³/mol. The van der Waals surface area contributed by atoms with Crippen molar-refractivity contribution in [3.8, 4) is 0 Å². The highest BCUT2D eigenvalue weighted by Crippen LogP contribution is 2.32. The van der Waals surface area contributed by atoms with Crippen LogP contribution in [0.5, 0.6) is 0 Å². The molecule has 0 radical (unpaired) electrons. The number of nitrogens with one attached hydrogen (secondary N) is 1. The first-order valence-corrected chi connectivity index (χ1v) is 8.23. The summed E-state index contributed by atoms with van der Waals surface area (Å²) in [6, 6.07) is 12.1. The number of nitrogens with zero attached hydrogens (tertiary/aromatic N) is 1. The second-order valence-electron chi connectivity index (χ2n) is 6.43. The molecule has 0 aromatic heterocycles. The van der Waals surface area contributed by atoms with Crippen molar-refractivity contribution in [2.45, 2.75) is 52.1 Å². The van der Waals surface area contributed by atoms with E-state index in [1.54, 1.807) is 0 Å². The minimum absolute atomic E-state index is 0.513. The van der Waals surface area contributed by atoms with Crippen molar-refractivity contribution >= 4 is 0 Å². The monoisotopic (exact) mass is 274 g/mol. The third-order valence-electron chi connectivity index (χ3n) is 4.05. The quantitative estimate of drug-likeness (QED) is 0.736. The van der Waals surface area contributed by atoms with Crippen molar-refractivity contribution in [1.82, 2.24) is 10.2 Å². The second-order valence-corrected chi connectivity index (χ2v) is 6.43. The molecule has 1 atom stereocenters. The zero-order chi connectivity index (χ0) is 14.4. The molecule has 2 heteroatoms. The van der Waals surface area contributed by atoms with Gasteiger partial charge in [-0.05, 0) is 37.3 Å². The molecular formula is C18H30N2. The Morgan fingerprint density at radius 3 is 2.45 bits per heavy atom. The summed E-state index contributed by atoms with van der Waals surface area (Å²) in [7, 11) is 0. The van der Waals surface area contributed by atoms with Crippen LogP contribution in [0.3, 0.4) is 0 Å². The van der Waals surface area contributed by atoms with Gasteiger partial charge in [0.25, 0.3) is 0 Å². The van der Waals surface area contributed by atoms with Crippen LogP contribution < -0.4 is 5.32 Å². The molecule has 112 valence electrons. The molecule has 1 aliphatic rings. The van der Waals surface area contributed by atoms with Gasteiger partial charge in [0.1, 0.15) is 0 Å². The lowest BCUT2D eigenvalue weighted by molar-refractivity contribution is 0.182. The second kappa shape index (κ2) is 7.80. The summed E-state index contributed by atoms with van der Waals surface area (Å²) in [5.74, 6) is 0.951. The highest BCUT2D eigenvalue weighted by Gasteiger charge is 2.28. The molecule has 0 spiro atoms. The van der Waals surface area contributed by atoms with Crippen LogP contribution in [0.1, 0.15) is 51.6 Å². The summed E-state index contributed by atoms with van der Waals surface area (Å²) in [5.41, 5.74) is 1.45. The average Bonchev–Trinajstić information content (AvgIpc) is 3.24. The zero-order valence-corrected chi connectivity index (χ0v) is 13.3. The molecule has 2 nitrogen and oxygen atoms in total. The molecular weight excluding hydrogens is 244 g/mol. The molecule has 1 aliphatic carbocycles. The van der Waals surface area contributed by atoms with Gasteiger partial charge in [-0.25, -0.2) is 0 Å². The summed E-state index contributed by atoms with van der Waals surface area (Å²) in [6.45, 7) is 10.3. The molecule has 2 rings (SSSR count). The number of hydrogen-bond donors (Lipinski definition) is 1. The fourth-order valence-electron chi connectivity index (χ4n) is 2.77. The zero-order valence-electron chi connectivity index (χ0n) is 13.3. The summed E-state index contributed by atoms with van der Waals surface area (Å²) >= 11 is 0. The molecule has 1 fully saturated rings. The maximum absolute atomic E-state index is 3.63. The minimum atomic E-state index is 0.513. The summed E-state index contributed by atoms with van der Waals surface area (Å²) < 4.78 is 0. The molecule has 0 heterocycles. The van der Waals surface area contributed by atoms with Gasteiger partial charge in [-0.3, -0.25) is 4.90 Å². The van der Waals surface area contributed by atoms with E-state index in [4.69, 9.17) is 0 Å². The molecule has 0 aliphatic heterocycles. The SMILES string of the molecule is CCCN(CC1CC1)C(CNC(C)C)c1ccccc1. The van der Waals surface area contributed by atoms with Gasteiger partial charge >= 0.3 is 0 Å². The molecule has 1 aromatic carbocycles. The Bertz CT molecular complexity index is 370. The summed E-state index contributed by atoms with van der Waals surface area (Å²) in [4.78, 5) is 2.70. The largest absolute Gasteiger partial charge is 0.313 e. The normalized spacial score (nSPS) is 16.9. The van der Waals surface area contributed by atoms with Crippen LogP contribution in [0.2, 0.25) is 0 Å². The fraction of sp³-hybridized carbons (Fsp3) is 0.667. The Labute approximate surface area is 124 Å². The summed E-state index contributed by atoms with van der Waals surface area (Å²) in [6.07, 6.45) is 4.09. The first kappa shape index (κ1) is 15.5. The van der Waals surface area contributed by atoms with E-state index < -0.39 is 0 Å². The molecule has 1 aromatic rings. The van der Waals surface area contributed by atoms with E-state index in [0.717, 1.165) is 12.5 Å². The van der Waals surface area contributed by atoms with Gasteiger partial charge in [0, 0.05) is 25.2 Å². The van der Waals surface area contributed by atoms with Gasteiger partial charge in [0.15, 0.2) is 0 Å². The Morgan fingerprint density at radius 2 is 1.90 bits per heavy atom. The van der Waals surface area contributed by atoms with Crippen LogP contribution in [0, 0.1) is 5.92 Å². The molecule has 0 amide bonds. The standard InChI is InChI=1S/C18H30N2/c1-4-12-20(14-16-10-11-16)18(13-19-15(2)3)17-8-6-5-7-9-17/h5-9,15-16,18-19H,4,10-14H2,1-3H3. The van der Waals surface area contributed by atoms with E-state index in [1.807, 2.05) is 0 Å². The number of hydrogen-bond acceptors (Lipinski definition) is 2. The number of rotatable bonds is 9. The van der Waals surface area contributed by atoms with E-state index in [0.29, 0.717) is 12.1 Å². The highest BCUT2D eigenvalue weighted by molar-refractivity contribution is 5.19. The molecule has 1 unspecified atom stereocenters. The van der Waals surface area contributed by atoms with Crippen molar-refractivity contribution in [3.63, 3.8) is 0 Å². The summed E-state index contributed by atoms with van der Waals surface area (Å²) in [5, 5.41) is 3.63. The van der Waals surface area contributed by atoms with E-state index in [2.05, 4.69) is 61.3 Å². The first-order valence-electron chi connectivity index (χ1n) is 8.23. The Morgan fingerprint density at radius 1 is 1.20 bits per heavy atom.